The first-order valence-corrected chi connectivity index (χ1v) is 11.3. The van der Waals surface area contributed by atoms with Gasteiger partial charge in [0.05, 0.1) is 11.4 Å². The van der Waals surface area contributed by atoms with E-state index in [2.05, 4.69) is 10.4 Å². The normalized spacial score (nSPS) is 18.8. The van der Waals surface area contributed by atoms with Crippen LogP contribution in [-0.4, -0.2) is 32.7 Å². The number of carbonyl (C=O) groups is 2. The van der Waals surface area contributed by atoms with E-state index < -0.39 is 11.1 Å². The third-order valence-electron chi connectivity index (χ3n) is 5.38. The van der Waals surface area contributed by atoms with Crippen LogP contribution in [0.1, 0.15) is 43.7 Å². The lowest BCUT2D eigenvalue weighted by Gasteiger charge is -2.44. The van der Waals surface area contributed by atoms with E-state index in [1.807, 2.05) is 51.3 Å². The molecule has 0 spiro atoms. The number of fused-ring (bicyclic) bond motifs is 1. The van der Waals surface area contributed by atoms with Gasteiger partial charge in [-0.3, -0.25) is 19.2 Å². The number of amides is 2. The predicted molar refractivity (Wildman–Crippen MR) is 125 cm³/mol. The summed E-state index contributed by atoms with van der Waals surface area (Å²) in [5.41, 5.74) is 0.898. The molecule has 0 aliphatic carbocycles. The fourth-order valence-electron chi connectivity index (χ4n) is 3.82. The molecule has 6 nitrogen and oxygen atoms in total. The Labute approximate surface area is 190 Å². The van der Waals surface area contributed by atoms with Crippen molar-refractivity contribution in [1.29, 1.82) is 0 Å². The molecule has 31 heavy (non-hydrogen) atoms. The van der Waals surface area contributed by atoms with Crippen LogP contribution in [0, 0.1) is 6.92 Å². The smallest absolute Gasteiger partial charge is 0.277 e. The Kier molecular flexibility index (Phi) is 5.22. The molecule has 0 saturated carbocycles. The Bertz CT molecular complexity index is 1160. The number of carbonyl (C=O) groups excluding carboxylic acids is 2. The summed E-state index contributed by atoms with van der Waals surface area (Å²) in [7, 11) is 0. The van der Waals surface area contributed by atoms with E-state index in [9.17, 15) is 9.59 Å². The zero-order valence-electron chi connectivity index (χ0n) is 18.2. The number of anilines is 1. The molecule has 2 aromatic heterocycles. The summed E-state index contributed by atoms with van der Waals surface area (Å²) in [5.74, 6) is -0.523. The highest BCUT2D eigenvalue weighted by Gasteiger charge is 2.50. The van der Waals surface area contributed by atoms with Crippen LogP contribution in [0.3, 0.4) is 0 Å². The van der Waals surface area contributed by atoms with Crippen molar-refractivity contribution >= 4 is 40.4 Å². The second kappa shape index (κ2) is 7.50. The van der Waals surface area contributed by atoms with Gasteiger partial charge in [0, 0.05) is 16.2 Å². The molecular formula is C23H25ClN4O2S. The molecule has 1 N–H and O–H groups in total. The van der Waals surface area contributed by atoms with Gasteiger partial charge >= 0.3 is 0 Å². The van der Waals surface area contributed by atoms with Crippen LogP contribution in [0.5, 0.6) is 0 Å². The molecule has 0 fully saturated rings. The second-order valence-corrected chi connectivity index (χ2v) is 10.4. The Balaban J connectivity index is 1.88. The zero-order chi connectivity index (χ0) is 22.6. The molecule has 1 aliphatic heterocycles. The highest BCUT2D eigenvalue weighted by molar-refractivity contribution is 7.13. The van der Waals surface area contributed by atoms with Crippen LogP contribution in [0.25, 0.3) is 10.6 Å². The topological polar surface area (TPSA) is 67.2 Å². The summed E-state index contributed by atoms with van der Waals surface area (Å²) in [6.45, 7) is 9.62. The Morgan fingerprint density at radius 3 is 2.65 bits per heavy atom. The maximum absolute atomic E-state index is 13.8. The summed E-state index contributed by atoms with van der Waals surface area (Å²) in [4.78, 5) is 29.9. The van der Waals surface area contributed by atoms with Crippen molar-refractivity contribution < 1.29 is 9.59 Å². The van der Waals surface area contributed by atoms with E-state index in [-0.39, 0.29) is 18.4 Å². The molecule has 1 aromatic carbocycles. The molecule has 3 heterocycles. The third kappa shape index (κ3) is 3.77. The number of hydrogen-bond donors (Lipinski definition) is 1. The van der Waals surface area contributed by atoms with Gasteiger partial charge in [-0.25, -0.2) is 0 Å². The van der Waals surface area contributed by atoms with Gasteiger partial charge in [0.2, 0.25) is 5.91 Å². The summed E-state index contributed by atoms with van der Waals surface area (Å²) >= 11 is 7.94. The SMILES string of the molecule is Cc1c(Cl)cccc1N1C(=O)c2cc(-c3cccs3)nn2CC1(C)C(=O)NC(C)(C)C. The van der Waals surface area contributed by atoms with E-state index in [1.165, 1.54) is 0 Å². The van der Waals surface area contributed by atoms with Gasteiger partial charge in [-0.05, 0) is 69.8 Å². The quantitative estimate of drug-likeness (QED) is 0.609. The second-order valence-electron chi connectivity index (χ2n) is 9.05. The zero-order valence-corrected chi connectivity index (χ0v) is 19.8. The van der Waals surface area contributed by atoms with Gasteiger partial charge in [-0.15, -0.1) is 11.3 Å². The first kappa shape index (κ1) is 21.6. The van der Waals surface area contributed by atoms with E-state index in [4.69, 9.17) is 11.6 Å². The number of nitrogens with zero attached hydrogens (tertiary/aromatic N) is 3. The minimum absolute atomic E-state index is 0.229. The number of thiophene rings is 1. The summed E-state index contributed by atoms with van der Waals surface area (Å²) in [5, 5.41) is 10.2. The number of rotatable bonds is 3. The van der Waals surface area contributed by atoms with E-state index in [0.29, 0.717) is 16.4 Å². The van der Waals surface area contributed by atoms with Crippen LogP contribution in [-0.2, 0) is 11.3 Å². The van der Waals surface area contributed by atoms with Gasteiger partial charge in [0.1, 0.15) is 16.9 Å². The van der Waals surface area contributed by atoms with Crippen molar-refractivity contribution in [3.63, 3.8) is 0 Å². The molecule has 1 atom stereocenters. The fourth-order valence-corrected chi connectivity index (χ4v) is 4.67. The van der Waals surface area contributed by atoms with Crippen molar-refractivity contribution in [1.82, 2.24) is 15.1 Å². The summed E-state index contributed by atoms with van der Waals surface area (Å²) < 4.78 is 1.65. The van der Waals surface area contributed by atoms with Gasteiger partial charge in [0.15, 0.2) is 0 Å². The summed E-state index contributed by atoms with van der Waals surface area (Å²) in [6, 6.07) is 11.1. The van der Waals surface area contributed by atoms with E-state index in [0.717, 1.165) is 16.1 Å². The molecule has 0 saturated heterocycles. The molecule has 0 bridgehead atoms. The number of halogens is 1. The Morgan fingerprint density at radius 1 is 1.26 bits per heavy atom. The lowest BCUT2D eigenvalue weighted by Crippen LogP contribution is -2.66. The van der Waals surface area contributed by atoms with Crippen LogP contribution in [0.4, 0.5) is 5.69 Å². The van der Waals surface area contributed by atoms with Gasteiger partial charge in [-0.1, -0.05) is 23.7 Å². The average molecular weight is 457 g/mol. The first-order chi connectivity index (χ1) is 14.5. The number of nitrogens with one attached hydrogen (secondary N) is 1. The monoisotopic (exact) mass is 456 g/mol. The van der Waals surface area contributed by atoms with Crippen molar-refractivity contribution in [3.05, 3.63) is 58.1 Å². The lowest BCUT2D eigenvalue weighted by molar-refractivity contribution is -0.128. The molecule has 4 rings (SSSR count). The van der Waals surface area contributed by atoms with Gasteiger partial charge in [-0.2, -0.15) is 5.10 Å². The molecule has 0 radical (unpaired) electrons. The number of benzene rings is 1. The number of aromatic nitrogens is 2. The molecule has 2 amide bonds. The molecular weight excluding hydrogens is 432 g/mol. The molecule has 8 heteroatoms. The summed E-state index contributed by atoms with van der Waals surface area (Å²) in [6.07, 6.45) is 0. The highest BCUT2D eigenvalue weighted by Crippen LogP contribution is 2.38. The van der Waals surface area contributed by atoms with E-state index in [1.54, 1.807) is 46.0 Å². The van der Waals surface area contributed by atoms with Crippen molar-refractivity contribution in [2.45, 2.75) is 52.2 Å². The maximum Gasteiger partial charge on any atom is 0.277 e. The standard InChI is InChI=1S/C23H25ClN4O2S/c1-14-15(24)8-6-9-17(14)28-20(29)18-12-16(19-10-7-11-31-19)26-27(18)13-23(28,5)21(30)25-22(2,3)4/h6-12H,13H2,1-5H3,(H,25,30). The van der Waals surface area contributed by atoms with Crippen molar-refractivity contribution in [3.8, 4) is 10.6 Å². The molecule has 1 unspecified atom stereocenters. The Hall–Kier alpha value is -2.64. The maximum atomic E-state index is 13.8. The number of hydrogen-bond acceptors (Lipinski definition) is 4. The predicted octanol–water partition coefficient (Wildman–Crippen LogP) is 4.91. The highest BCUT2D eigenvalue weighted by atomic mass is 35.5. The largest absolute Gasteiger partial charge is 0.349 e. The minimum Gasteiger partial charge on any atom is -0.349 e. The van der Waals surface area contributed by atoms with Crippen LogP contribution in [0.2, 0.25) is 5.02 Å². The Morgan fingerprint density at radius 2 is 2.00 bits per heavy atom. The van der Waals surface area contributed by atoms with E-state index >= 15 is 0 Å². The van der Waals surface area contributed by atoms with Crippen LogP contribution in [0.15, 0.2) is 41.8 Å². The van der Waals surface area contributed by atoms with Gasteiger partial charge in [0.25, 0.3) is 5.91 Å². The average Bonchev–Trinajstić information content (AvgIpc) is 3.33. The van der Waals surface area contributed by atoms with Crippen LogP contribution < -0.4 is 10.2 Å². The molecule has 162 valence electrons. The minimum atomic E-state index is -1.19. The fraction of sp³-hybridized carbons (Fsp3) is 0.348. The molecule has 3 aromatic rings. The molecule has 1 aliphatic rings. The van der Waals surface area contributed by atoms with Crippen molar-refractivity contribution in [2.75, 3.05) is 4.90 Å². The first-order valence-electron chi connectivity index (χ1n) is 10.1. The van der Waals surface area contributed by atoms with Crippen molar-refractivity contribution in [2.24, 2.45) is 0 Å². The lowest BCUT2D eigenvalue weighted by atomic mass is 9.92. The third-order valence-corrected chi connectivity index (χ3v) is 6.69. The van der Waals surface area contributed by atoms with Gasteiger partial charge < -0.3 is 5.32 Å². The van der Waals surface area contributed by atoms with Crippen LogP contribution >= 0.6 is 22.9 Å².